The Morgan fingerprint density at radius 1 is 1.32 bits per heavy atom. The number of benzene rings is 1. The van der Waals surface area contributed by atoms with Crippen LogP contribution in [0.3, 0.4) is 0 Å². The molecule has 7 heteroatoms. The van der Waals surface area contributed by atoms with E-state index in [9.17, 15) is 19.5 Å². The minimum absolute atomic E-state index is 0.000637. The molecule has 0 radical (unpaired) electrons. The van der Waals surface area contributed by atoms with E-state index in [0.29, 0.717) is 30.4 Å². The zero-order chi connectivity index (χ0) is 18.9. The zero-order valence-electron chi connectivity index (χ0n) is 14.3. The minimum atomic E-state index is -1.39. The molecule has 0 aromatic heterocycles. The van der Waals surface area contributed by atoms with E-state index < -0.39 is 18.0 Å². The third-order valence-corrected chi connectivity index (χ3v) is 5.93. The summed E-state index contributed by atoms with van der Waals surface area (Å²) in [5.41, 5.74) is 0.275. The van der Waals surface area contributed by atoms with Crippen LogP contribution in [0.25, 0.3) is 0 Å². The van der Waals surface area contributed by atoms with Crippen molar-refractivity contribution in [3.8, 4) is 5.75 Å². The molecule has 2 atom stereocenters. The lowest BCUT2D eigenvalue weighted by Crippen LogP contribution is -2.30. The third kappa shape index (κ3) is 3.40. The summed E-state index contributed by atoms with van der Waals surface area (Å²) < 4.78 is 5.14. The Kier molecular flexibility index (Phi) is 5.79. The molecule has 0 saturated carbocycles. The van der Waals surface area contributed by atoms with Crippen molar-refractivity contribution in [1.29, 1.82) is 0 Å². The summed E-state index contributed by atoms with van der Waals surface area (Å²) in [5, 5.41) is 10.7. The molecule has 1 aromatic carbocycles. The quantitative estimate of drug-likeness (QED) is 0.719. The van der Waals surface area contributed by atoms with Gasteiger partial charge in [-0.05, 0) is 37.3 Å². The van der Waals surface area contributed by atoms with Gasteiger partial charge in [-0.25, -0.2) is 0 Å². The Morgan fingerprint density at radius 2 is 1.96 bits per heavy atom. The minimum Gasteiger partial charge on any atom is -0.546 e. The molecule has 0 saturated heterocycles. The normalized spacial score (nSPS) is 22.0. The van der Waals surface area contributed by atoms with Crippen LogP contribution >= 0.6 is 23.2 Å². The number of rotatable bonds is 7. The topological polar surface area (TPSA) is 83.5 Å². The molecule has 0 spiro atoms. The Labute approximate surface area is 156 Å². The van der Waals surface area contributed by atoms with Crippen LogP contribution in [0.4, 0.5) is 0 Å². The van der Waals surface area contributed by atoms with Gasteiger partial charge in [0.15, 0.2) is 5.78 Å². The van der Waals surface area contributed by atoms with Crippen LogP contribution < -0.4 is 9.84 Å². The van der Waals surface area contributed by atoms with Gasteiger partial charge in [0.1, 0.15) is 23.2 Å². The molecule has 2 rings (SSSR count). The van der Waals surface area contributed by atoms with Crippen molar-refractivity contribution in [2.24, 2.45) is 5.41 Å². The lowest BCUT2D eigenvalue weighted by atomic mass is 9.70. The smallest absolute Gasteiger partial charge is 0.171 e. The van der Waals surface area contributed by atoms with E-state index in [2.05, 4.69) is 0 Å². The van der Waals surface area contributed by atoms with Gasteiger partial charge in [-0.2, -0.15) is 0 Å². The number of hydrogen-bond donors (Lipinski definition) is 0. The predicted molar refractivity (Wildman–Crippen MR) is 92.3 cm³/mol. The molecular formula is C18H19Cl2O5-. The van der Waals surface area contributed by atoms with E-state index in [1.807, 2.05) is 13.8 Å². The molecule has 0 heterocycles. The van der Waals surface area contributed by atoms with E-state index in [1.54, 1.807) is 6.07 Å². The van der Waals surface area contributed by atoms with Crippen LogP contribution in [0.2, 0.25) is 10.0 Å². The van der Waals surface area contributed by atoms with Crippen LogP contribution in [0.15, 0.2) is 6.07 Å². The highest BCUT2D eigenvalue weighted by atomic mass is 35.5. The maximum absolute atomic E-state index is 13.1. The van der Waals surface area contributed by atoms with Crippen LogP contribution in [0.5, 0.6) is 5.75 Å². The van der Waals surface area contributed by atoms with Crippen LogP contribution in [0.1, 0.15) is 61.9 Å². The number of aliphatic carboxylic acids is 1. The van der Waals surface area contributed by atoms with Gasteiger partial charge in [-0.3, -0.25) is 4.79 Å². The van der Waals surface area contributed by atoms with Crippen molar-refractivity contribution in [1.82, 2.24) is 0 Å². The van der Waals surface area contributed by atoms with Gasteiger partial charge in [0.2, 0.25) is 0 Å². The summed E-state index contributed by atoms with van der Waals surface area (Å²) in [5.74, 6) is -1.59. The molecule has 1 aliphatic carbocycles. The lowest BCUT2D eigenvalue weighted by molar-refractivity contribution is -0.307. The molecule has 25 heavy (non-hydrogen) atoms. The van der Waals surface area contributed by atoms with Crippen molar-refractivity contribution in [2.45, 2.75) is 46.0 Å². The van der Waals surface area contributed by atoms with Crippen molar-refractivity contribution in [3.63, 3.8) is 0 Å². The van der Waals surface area contributed by atoms with Crippen molar-refractivity contribution >= 4 is 40.7 Å². The van der Waals surface area contributed by atoms with Gasteiger partial charge in [0, 0.05) is 17.4 Å². The van der Waals surface area contributed by atoms with Crippen molar-refractivity contribution in [2.75, 3.05) is 6.61 Å². The summed E-state index contributed by atoms with van der Waals surface area (Å²) in [6, 6.07) is 1.57. The standard InChI is InChI=1S/C18H20Cl2O5/c1-4-18(6-5-9(2)21)10(3)11-7-12(25-8-13(22)23)15(19)16(20)14(11)17(18)24/h7,10H,4-6,8H2,1-3H3,(H,22,23)/p-1. The molecular weight excluding hydrogens is 367 g/mol. The maximum Gasteiger partial charge on any atom is 0.171 e. The Morgan fingerprint density at radius 3 is 2.48 bits per heavy atom. The maximum atomic E-state index is 13.1. The number of hydrogen-bond acceptors (Lipinski definition) is 5. The van der Waals surface area contributed by atoms with Gasteiger partial charge in [0.25, 0.3) is 0 Å². The van der Waals surface area contributed by atoms with Gasteiger partial charge in [-0.1, -0.05) is 37.0 Å². The summed E-state index contributed by atoms with van der Waals surface area (Å²) in [6.07, 6.45) is 1.28. The van der Waals surface area contributed by atoms with E-state index in [-0.39, 0.29) is 33.3 Å². The van der Waals surface area contributed by atoms with Crippen molar-refractivity contribution in [3.05, 3.63) is 27.2 Å². The highest BCUT2D eigenvalue weighted by molar-refractivity contribution is 6.45. The molecule has 1 aromatic rings. The average molecular weight is 386 g/mol. The number of ketones is 2. The van der Waals surface area contributed by atoms with Gasteiger partial charge in [0.05, 0.1) is 11.0 Å². The Balaban J connectivity index is 2.51. The number of halogens is 2. The van der Waals surface area contributed by atoms with E-state index in [4.69, 9.17) is 27.9 Å². The number of carboxylic acids is 1. The largest absolute Gasteiger partial charge is 0.546 e. The third-order valence-electron chi connectivity index (χ3n) is 5.08. The first-order valence-electron chi connectivity index (χ1n) is 8.04. The molecule has 0 aliphatic heterocycles. The van der Waals surface area contributed by atoms with Gasteiger partial charge >= 0.3 is 0 Å². The van der Waals surface area contributed by atoms with Crippen molar-refractivity contribution < 1.29 is 24.2 Å². The van der Waals surface area contributed by atoms with Gasteiger partial charge < -0.3 is 19.4 Å². The SMILES string of the molecule is CCC1(CCC(C)=O)C(=O)c2c(cc(OCC(=O)[O-])c(Cl)c2Cl)C1C. The highest BCUT2D eigenvalue weighted by Gasteiger charge is 2.51. The second-order valence-electron chi connectivity index (χ2n) is 6.39. The van der Waals surface area contributed by atoms with Crippen LogP contribution in [-0.4, -0.2) is 24.1 Å². The lowest BCUT2D eigenvalue weighted by Gasteiger charge is -2.31. The second kappa shape index (κ2) is 7.34. The number of fused-ring (bicyclic) bond motifs is 1. The Bertz CT molecular complexity index is 743. The fraction of sp³-hybridized carbons (Fsp3) is 0.500. The van der Waals surface area contributed by atoms with Crippen LogP contribution in [-0.2, 0) is 9.59 Å². The monoisotopic (exact) mass is 385 g/mol. The number of carboxylic acid groups (broad SMARTS) is 1. The number of ether oxygens (including phenoxy) is 1. The molecule has 1 aliphatic rings. The summed E-state index contributed by atoms with van der Waals surface area (Å²) in [4.78, 5) is 35.2. The highest BCUT2D eigenvalue weighted by Crippen LogP contribution is 2.56. The first kappa shape index (κ1) is 19.7. The molecule has 136 valence electrons. The van der Waals surface area contributed by atoms with E-state index in [0.717, 1.165) is 0 Å². The number of carbonyl (C=O) groups is 3. The summed E-state index contributed by atoms with van der Waals surface area (Å²) in [6.45, 7) is 4.64. The second-order valence-corrected chi connectivity index (χ2v) is 7.15. The molecule has 0 fully saturated rings. The van der Waals surface area contributed by atoms with E-state index >= 15 is 0 Å². The summed E-state index contributed by atoms with van der Waals surface area (Å²) in [7, 11) is 0. The van der Waals surface area contributed by atoms with Crippen LogP contribution in [0, 0.1) is 5.41 Å². The van der Waals surface area contributed by atoms with E-state index in [1.165, 1.54) is 6.92 Å². The number of carbonyl (C=O) groups excluding carboxylic acids is 3. The molecule has 0 amide bonds. The zero-order valence-corrected chi connectivity index (χ0v) is 15.8. The predicted octanol–water partition coefficient (Wildman–Crippen LogP) is 3.19. The first-order valence-corrected chi connectivity index (χ1v) is 8.80. The fourth-order valence-electron chi connectivity index (χ4n) is 3.55. The molecule has 2 unspecified atom stereocenters. The molecule has 0 bridgehead atoms. The first-order chi connectivity index (χ1) is 11.7. The Hall–Kier alpha value is -1.59. The summed E-state index contributed by atoms with van der Waals surface area (Å²) >= 11 is 12.5. The molecule has 0 N–H and O–H groups in total. The number of Topliss-reactive ketones (excluding diaryl/α,β-unsaturated/α-hetero) is 2. The average Bonchev–Trinajstić information content (AvgIpc) is 2.76. The van der Waals surface area contributed by atoms with Gasteiger partial charge in [-0.15, -0.1) is 0 Å². The molecule has 5 nitrogen and oxygen atoms in total. The fourth-order valence-corrected chi connectivity index (χ4v) is 4.04.